The Morgan fingerprint density at radius 2 is 2.07 bits per heavy atom. The SMILES string of the molecule is CC(C)C(CCN)c1cccc(Br)c1. The van der Waals surface area contributed by atoms with Gasteiger partial charge in [0, 0.05) is 4.47 Å². The maximum absolute atomic E-state index is 5.63. The molecule has 0 saturated heterocycles. The Morgan fingerprint density at radius 1 is 1.36 bits per heavy atom. The third kappa shape index (κ3) is 3.10. The van der Waals surface area contributed by atoms with Crippen LogP contribution in [0.4, 0.5) is 0 Å². The lowest BCUT2D eigenvalue weighted by Crippen LogP contribution is -2.12. The lowest BCUT2D eigenvalue weighted by Gasteiger charge is -2.20. The lowest BCUT2D eigenvalue weighted by molar-refractivity contribution is 0.473. The smallest absolute Gasteiger partial charge is 0.0178 e. The van der Waals surface area contributed by atoms with Crippen LogP contribution in [-0.2, 0) is 0 Å². The molecule has 0 radical (unpaired) electrons. The van der Waals surface area contributed by atoms with Crippen LogP contribution in [0.2, 0.25) is 0 Å². The van der Waals surface area contributed by atoms with Gasteiger partial charge in [-0.15, -0.1) is 0 Å². The van der Waals surface area contributed by atoms with Crippen LogP contribution in [-0.4, -0.2) is 6.54 Å². The van der Waals surface area contributed by atoms with Crippen molar-refractivity contribution in [3.63, 3.8) is 0 Å². The van der Waals surface area contributed by atoms with Crippen molar-refractivity contribution in [1.82, 2.24) is 0 Å². The number of hydrogen-bond donors (Lipinski definition) is 1. The molecule has 2 N–H and O–H groups in total. The van der Waals surface area contributed by atoms with Gasteiger partial charge in [-0.2, -0.15) is 0 Å². The van der Waals surface area contributed by atoms with Crippen LogP contribution in [0, 0.1) is 5.92 Å². The molecule has 0 aliphatic rings. The van der Waals surface area contributed by atoms with Gasteiger partial charge in [-0.3, -0.25) is 0 Å². The molecule has 0 spiro atoms. The summed E-state index contributed by atoms with van der Waals surface area (Å²) in [6.45, 7) is 5.26. The summed E-state index contributed by atoms with van der Waals surface area (Å²) in [6, 6.07) is 8.53. The molecule has 0 fully saturated rings. The summed E-state index contributed by atoms with van der Waals surface area (Å²) in [7, 11) is 0. The molecule has 1 unspecified atom stereocenters. The Labute approximate surface area is 94.8 Å². The molecule has 14 heavy (non-hydrogen) atoms. The van der Waals surface area contributed by atoms with Crippen molar-refractivity contribution in [2.45, 2.75) is 26.2 Å². The van der Waals surface area contributed by atoms with Gasteiger partial charge < -0.3 is 5.73 Å². The molecule has 78 valence electrons. The van der Waals surface area contributed by atoms with E-state index >= 15 is 0 Å². The van der Waals surface area contributed by atoms with Gasteiger partial charge in [-0.05, 0) is 42.5 Å². The summed E-state index contributed by atoms with van der Waals surface area (Å²) in [4.78, 5) is 0. The number of halogens is 1. The highest BCUT2D eigenvalue weighted by Gasteiger charge is 2.14. The first-order chi connectivity index (χ1) is 6.65. The largest absolute Gasteiger partial charge is 0.330 e. The summed E-state index contributed by atoms with van der Waals surface area (Å²) in [5.74, 6) is 1.23. The molecule has 0 aliphatic carbocycles. The third-order valence-electron chi connectivity index (χ3n) is 2.56. The maximum atomic E-state index is 5.63. The van der Waals surface area contributed by atoms with Crippen LogP contribution in [0.1, 0.15) is 31.7 Å². The minimum Gasteiger partial charge on any atom is -0.330 e. The molecule has 1 aromatic carbocycles. The topological polar surface area (TPSA) is 26.0 Å². The van der Waals surface area contributed by atoms with Crippen LogP contribution in [0.25, 0.3) is 0 Å². The molecule has 1 rings (SSSR count). The van der Waals surface area contributed by atoms with Crippen molar-refractivity contribution in [3.8, 4) is 0 Å². The van der Waals surface area contributed by atoms with Crippen molar-refractivity contribution < 1.29 is 0 Å². The lowest BCUT2D eigenvalue weighted by atomic mass is 9.86. The van der Waals surface area contributed by atoms with Crippen LogP contribution >= 0.6 is 15.9 Å². The average Bonchev–Trinajstić information content (AvgIpc) is 2.13. The fraction of sp³-hybridized carbons (Fsp3) is 0.500. The zero-order valence-corrected chi connectivity index (χ0v) is 10.4. The molecule has 1 atom stereocenters. The zero-order valence-electron chi connectivity index (χ0n) is 8.83. The van der Waals surface area contributed by atoms with Crippen LogP contribution in [0.5, 0.6) is 0 Å². The molecule has 0 aliphatic heterocycles. The first-order valence-electron chi connectivity index (χ1n) is 5.10. The van der Waals surface area contributed by atoms with Crippen LogP contribution in [0.15, 0.2) is 28.7 Å². The molecule has 2 heteroatoms. The fourth-order valence-corrected chi connectivity index (χ4v) is 2.22. The normalized spacial score (nSPS) is 13.2. The van der Waals surface area contributed by atoms with Gasteiger partial charge in [0.1, 0.15) is 0 Å². The quantitative estimate of drug-likeness (QED) is 0.876. The highest BCUT2D eigenvalue weighted by atomic mass is 79.9. The second-order valence-electron chi connectivity index (χ2n) is 3.98. The summed E-state index contributed by atoms with van der Waals surface area (Å²) in [5, 5.41) is 0. The minimum atomic E-state index is 0.581. The van der Waals surface area contributed by atoms with Crippen LogP contribution < -0.4 is 5.73 Å². The van der Waals surface area contributed by atoms with Gasteiger partial charge >= 0.3 is 0 Å². The van der Waals surface area contributed by atoms with Gasteiger partial charge in [0.05, 0.1) is 0 Å². The van der Waals surface area contributed by atoms with E-state index in [4.69, 9.17) is 5.73 Å². The predicted octanol–water partition coefficient (Wildman–Crippen LogP) is 3.54. The van der Waals surface area contributed by atoms with Crippen molar-refractivity contribution in [3.05, 3.63) is 34.3 Å². The highest BCUT2D eigenvalue weighted by Crippen LogP contribution is 2.28. The van der Waals surface area contributed by atoms with Crippen molar-refractivity contribution in [1.29, 1.82) is 0 Å². The second-order valence-corrected chi connectivity index (χ2v) is 4.90. The summed E-state index contributed by atoms with van der Waals surface area (Å²) in [5.41, 5.74) is 7.02. The first kappa shape index (κ1) is 11.7. The van der Waals surface area contributed by atoms with E-state index in [1.54, 1.807) is 0 Å². The van der Waals surface area contributed by atoms with E-state index in [0.29, 0.717) is 11.8 Å². The number of rotatable bonds is 4. The van der Waals surface area contributed by atoms with Crippen molar-refractivity contribution in [2.24, 2.45) is 11.7 Å². The Morgan fingerprint density at radius 3 is 2.57 bits per heavy atom. The number of benzene rings is 1. The number of nitrogens with two attached hydrogens (primary N) is 1. The maximum Gasteiger partial charge on any atom is 0.0178 e. The molecule has 0 saturated carbocycles. The van der Waals surface area contributed by atoms with E-state index in [9.17, 15) is 0 Å². The van der Waals surface area contributed by atoms with Gasteiger partial charge in [0.15, 0.2) is 0 Å². The second kappa shape index (κ2) is 5.52. The van der Waals surface area contributed by atoms with E-state index in [-0.39, 0.29) is 0 Å². The highest BCUT2D eigenvalue weighted by molar-refractivity contribution is 9.10. The van der Waals surface area contributed by atoms with E-state index in [1.807, 2.05) is 0 Å². The fourth-order valence-electron chi connectivity index (χ4n) is 1.80. The van der Waals surface area contributed by atoms with E-state index in [0.717, 1.165) is 17.4 Å². The first-order valence-corrected chi connectivity index (χ1v) is 5.90. The van der Waals surface area contributed by atoms with Gasteiger partial charge in [-0.25, -0.2) is 0 Å². The van der Waals surface area contributed by atoms with E-state index in [2.05, 4.69) is 54.0 Å². The third-order valence-corrected chi connectivity index (χ3v) is 3.05. The Hall–Kier alpha value is -0.340. The minimum absolute atomic E-state index is 0.581. The summed E-state index contributed by atoms with van der Waals surface area (Å²) < 4.78 is 1.15. The zero-order chi connectivity index (χ0) is 10.6. The molecule has 0 amide bonds. The Balaban J connectivity index is 2.87. The summed E-state index contributed by atoms with van der Waals surface area (Å²) in [6.07, 6.45) is 1.06. The molecule has 0 aromatic heterocycles. The molecule has 0 heterocycles. The number of hydrogen-bond acceptors (Lipinski definition) is 1. The predicted molar refractivity (Wildman–Crippen MR) is 65.4 cm³/mol. The standard InChI is InChI=1S/C12H18BrN/c1-9(2)12(6-7-14)10-4-3-5-11(13)8-10/h3-5,8-9,12H,6-7,14H2,1-2H3. The summed E-state index contributed by atoms with van der Waals surface area (Å²) >= 11 is 3.50. The van der Waals surface area contributed by atoms with E-state index < -0.39 is 0 Å². The molecular weight excluding hydrogens is 238 g/mol. The van der Waals surface area contributed by atoms with Crippen LogP contribution in [0.3, 0.4) is 0 Å². The molecular formula is C12H18BrN. The van der Waals surface area contributed by atoms with Gasteiger partial charge in [-0.1, -0.05) is 41.9 Å². The molecule has 1 aromatic rings. The van der Waals surface area contributed by atoms with Gasteiger partial charge in [0.25, 0.3) is 0 Å². The van der Waals surface area contributed by atoms with E-state index in [1.165, 1.54) is 5.56 Å². The Bertz CT molecular complexity index is 283. The molecule has 0 bridgehead atoms. The monoisotopic (exact) mass is 255 g/mol. The van der Waals surface area contributed by atoms with Crippen molar-refractivity contribution >= 4 is 15.9 Å². The molecule has 1 nitrogen and oxygen atoms in total. The van der Waals surface area contributed by atoms with Gasteiger partial charge in [0.2, 0.25) is 0 Å². The van der Waals surface area contributed by atoms with Crippen molar-refractivity contribution in [2.75, 3.05) is 6.54 Å². The average molecular weight is 256 g/mol. The Kier molecular flexibility index (Phi) is 4.63.